The van der Waals surface area contributed by atoms with Crippen LogP contribution in [0.2, 0.25) is 0 Å². The number of aromatic amines is 1. The molecule has 0 spiro atoms. The molecule has 174 valence electrons. The van der Waals surface area contributed by atoms with Gasteiger partial charge in [0.1, 0.15) is 11.4 Å². The molecule has 1 aliphatic carbocycles. The number of piperidine rings is 1. The van der Waals surface area contributed by atoms with E-state index < -0.39 is 16.8 Å². The van der Waals surface area contributed by atoms with E-state index in [0.29, 0.717) is 13.4 Å². The van der Waals surface area contributed by atoms with Crippen LogP contribution in [0.4, 0.5) is 4.79 Å². The van der Waals surface area contributed by atoms with E-state index in [1.54, 1.807) is 13.8 Å². The lowest BCUT2D eigenvalue weighted by molar-refractivity contribution is -0.0893. The number of ether oxygens (including phenoxy) is 1. The molecular weight excluding hydrogens is 405 g/mol. The molecule has 1 saturated carbocycles. The molecule has 8 heteroatoms. The summed E-state index contributed by atoms with van der Waals surface area (Å²) in [4.78, 5) is 23.2. The molecule has 2 fully saturated rings. The van der Waals surface area contributed by atoms with Gasteiger partial charge in [-0.15, -0.1) is 0 Å². The van der Waals surface area contributed by atoms with Crippen LogP contribution in [0.1, 0.15) is 79.6 Å². The highest BCUT2D eigenvalue weighted by atomic mass is 16.6. The third-order valence-corrected chi connectivity index (χ3v) is 7.11. The Labute approximate surface area is 191 Å². The maximum atomic E-state index is 13.0. The van der Waals surface area contributed by atoms with Gasteiger partial charge >= 0.3 is 13.6 Å². The normalized spacial score (nSPS) is 23.8. The lowest BCUT2D eigenvalue weighted by Crippen LogP contribution is -2.49. The van der Waals surface area contributed by atoms with Gasteiger partial charge in [-0.3, -0.25) is 4.90 Å². The van der Waals surface area contributed by atoms with E-state index in [9.17, 15) is 9.90 Å². The van der Waals surface area contributed by atoms with Crippen LogP contribution in [0.25, 0.3) is 11.0 Å². The second kappa shape index (κ2) is 7.77. The molecule has 2 N–H and O–H groups in total. The number of aliphatic hydroxyl groups is 1. The highest BCUT2D eigenvalue weighted by Crippen LogP contribution is 2.50. The Bertz CT molecular complexity index is 1000. The first-order chi connectivity index (χ1) is 14.7. The first-order valence-corrected chi connectivity index (χ1v) is 11.6. The predicted octanol–water partition coefficient (Wildman–Crippen LogP) is 3.57. The second-order valence-electron chi connectivity index (χ2n) is 11.4. The van der Waals surface area contributed by atoms with E-state index in [4.69, 9.17) is 14.4 Å². The number of carbonyl (C=O) groups is 1. The highest BCUT2D eigenvalue weighted by Gasteiger charge is 2.51. The van der Waals surface area contributed by atoms with Crippen molar-refractivity contribution in [2.75, 3.05) is 0 Å². The third kappa shape index (κ3) is 4.39. The molecule has 0 radical (unpaired) electrons. The van der Waals surface area contributed by atoms with E-state index in [1.165, 1.54) is 0 Å². The van der Waals surface area contributed by atoms with E-state index in [1.807, 2.05) is 57.7 Å². The molecular formula is C24H36BN3O4. The monoisotopic (exact) mass is 441 g/mol. The summed E-state index contributed by atoms with van der Waals surface area (Å²) in [5, 5.41) is 10.3. The summed E-state index contributed by atoms with van der Waals surface area (Å²) >= 11 is 0. The number of benzene rings is 1. The molecule has 4 rings (SSSR count). The topological polar surface area (TPSA) is 87.7 Å². The Morgan fingerprint density at radius 2 is 1.91 bits per heavy atom. The number of aromatic nitrogens is 2. The molecule has 1 aromatic carbocycles. The van der Waals surface area contributed by atoms with E-state index in [2.05, 4.69) is 4.98 Å². The molecule has 7 nitrogen and oxygen atoms in total. The molecule has 32 heavy (non-hydrogen) atoms. The van der Waals surface area contributed by atoms with E-state index in [-0.39, 0.29) is 18.2 Å². The molecule has 1 aromatic heterocycles. The summed E-state index contributed by atoms with van der Waals surface area (Å²) in [6, 6.07) is 6.17. The molecule has 1 amide bonds. The fraction of sp³-hybridized carbons (Fsp3) is 0.667. The average molecular weight is 441 g/mol. The Hall–Kier alpha value is -2.06. The van der Waals surface area contributed by atoms with E-state index in [0.717, 1.165) is 41.6 Å². The van der Waals surface area contributed by atoms with Crippen molar-refractivity contribution < 1.29 is 19.3 Å². The summed E-state index contributed by atoms with van der Waals surface area (Å²) in [6.45, 7) is 13.0. The van der Waals surface area contributed by atoms with Gasteiger partial charge in [0.2, 0.25) is 0 Å². The third-order valence-electron chi connectivity index (χ3n) is 7.11. The van der Waals surface area contributed by atoms with Crippen molar-refractivity contribution in [3.05, 3.63) is 24.0 Å². The van der Waals surface area contributed by atoms with Gasteiger partial charge in [-0.2, -0.15) is 0 Å². The number of H-pyrrole nitrogens is 1. The van der Waals surface area contributed by atoms with Crippen molar-refractivity contribution in [2.24, 2.45) is 5.92 Å². The first kappa shape index (κ1) is 23.1. The van der Waals surface area contributed by atoms with Crippen LogP contribution in [-0.4, -0.2) is 56.4 Å². The van der Waals surface area contributed by atoms with Crippen LogP contribution in [0, 0.1) is 5.92 Å². The molecule has 1 aliphatic heterocycles. The van der Waals surface area contributed by atoms with Crippen molar-refractivity contribution in [3.63, 3.8) is 0 Å². The molecule has 1 saturated heterocycles. The van der Waals surface area contributed by atoms with Crippen LogP contribution in [0.5, 0.6) is 0 Å². The quantitative estimate of drug-likeness (QED) is 0.693. The lowest BCUT2D eigenvalue weighted by atomic mass is 9.82. The number of fused-ring (bicyclic) bond motifs is 3. The Morgan fingerprint density at radius 3 is 2.56 bits per heavy atom. The maximum absolute atomic E-state index is 13.0. The zero-order valence-corrected chi connectivity index (χ0v) is 20.4. The lowest BCUT2D eigenvalue weighted by Gasteiger charge is -2.37. The van der Waals surface area contributed by atoms with Crippen molar-refractivity contribution in [1.82, 2.24) is 14.9 Å². The van der Waals surface area contributed by atoms with Crippen LogP contribution < -0.4 is 5.46 Å². The Morgan fingerprint density at radius 1 is 1.19 bits per heavy atom. The van der Waals surface area contributed by atoms with Gasteiger partial charge in [0.15, 0.2) is 0 Å². The number of hydrogen-bond donors (Lipinski definition) is 2. The number of hydrogen-bond acceptors (Lipinski definition) is 5. The summed E-state index contributed by atoms with van der Waals surface area (Å²) in [6.07, 6.45) is 2.89. The van der Waals surface area contributed by atoms with Crippen molar-refractivity contribution in [1.29, 1.82) is 0 Å². The molecule has 2 aromatic rings. The van der Waals surface area contributed by atoms with Gasteiger partial charge in [0.05, 0.1) is 28.3 Å². The van der Waals surface area contributed by atoms with Crippen LogP contribution >= 0.6 is 0 Å². The standard InChI is InChI=1S/C24H36BN3O4/c1-22(2,3)31-21(29)28-16-10-8-14(12-16)19(28)20-26-17-11-9-15(13-18(17)27-20)25-32-24(6,7)23(4,5)30/h9,11,13-14,16,19,25,30H,8,10,12H2,1-7H3,(H,26,27)/t14-,16+,19-/m0/s1. The molecule has 2 aliphatic rings. The number of rotatable bonds is 5. The van der Waals surface area contributed by atoms with Crippen LogP contribution in [-0.2, 0) is 9.39 Å². The van der Waals surface area contributed by atoms with Crippen LogP contribution in [0.3, 0.4) is 0 Å². The fourth-order valence-corrected chi connectivity index (χ4v) is 4.66. The minimum Gasteiger partial charge on any atom is -0.444 e. The summed E-state index contributed by atoms with van der Waals surface area (Å²) < 4.78 is 11.7. The average Bonchev–Trinajstić information content (AvgIpc) is 3.37. The van der Waals surface area contributed by atoms with Crippen molar-refractivity contribution >= 4 is 30.1 Å². The number of carbonyl (C=O) groups excluding carboxylic acids is 1. The molecule has 2 heterocycles. The zero-order valence-electron chi connectivity index (χ0n) is 20.4. The summed E-state index contributed by atoms with van der Waals surface area (Å²) in [5.41, 5.74) is 0.639. The van der Waals surface area contributed by atoms with Crippen molar-refractivity contribution in [2.45, 2.75) is 96.6 Å². The number of nitrogens with zero attached hydrogens (tertiary/aromatic N) is 2. The zero-order chi connectivity index (χ0) is 23.5. The minimum absolute atomic E-state index is 0.0789. The molecule has 3 atom stereocenters. The largest absolute Gasteiger partial charge is 0.444 e. The number of amides is 1. The number of likely N-dealkylation sites (tertiary alicyclic amines) is 1. The second-order valence-corrected chi connectivity index (χ2v) is 11.4. The van der Waals surface area contributed by atoms with Gasteiger partial charge < -0.3 is 19.5 Å². The van der Waals surface area contributed by atoms with Gasteiger partial charge in [0, 0.05) is 6.04 Å². The Balaban J connectivity index is 1.56. The molecule has 0 unspecified atom stereocenters. The summed E-state index contributed by atoms with van der Waals surface area (Å²) in [7, 11) is 0.388. The SMILES string of the molecule is CC(C)(C)OC(=O)N1[C@@H]2CC[C@@H](C2)[C@H]1c1nc2ccc(BOC(C)(C)C(C)(C)O)cc2[nH]1. The summed E-state index contributed by atoms with van der Waals surface area (Å²) in [5.74, 6) is 1.23. The smallest absolute Gasteiger partial charge is 0.411 e. The van der Waals surface area contributed by atoms with Crippen molar-refractivity contribution in [3.8, 4) is 0 Å². The number of imidazole rings is 1. The minimum atomic E-state index is -0.953. The predicted molar refractivity (Wildman–Crippen MR) is 126 cm³/mol. The van der Waals surface area contributed by atoms with Gasteiger partial charge in [-0.25, -0.2) is 9.78 Å². The van der Waals surface area contributed by atoms with Gasteiger partial charge in [0.25, 0.3) is 0 Å². The molecule has 2 bridgehead atoms. The van der Waals surface area contributed by atoms with Gasteiger partial charge in [-0.05, 0) is 85.8 Å². The maximum Gasteiger partial charge on any atom is 0.411 e. The van der Waals surface area contributed by atoms with E-state index >= 15 is 0 Å². The van der Waals surface area contributed by atoms with Crippen LogP contribution in [0.15, 0.2) is 18.2 Å². The fourth-order valence-electron chi connectivity index (χ4n) is 4.66. The van der Waals surface area contributed by atoms with Gasteiger partial charge in [-0.1, -0.05) is 11.5 Å². The Kier molecular flexibility index (Phi) is 5.61. The highest BCUT2D eigenvalue weighted by molar-refractivity contribution is 6.47. The first-order valence-electron chi connectivity index (χ1n) is 11.6. The number of nitrogens with one attached hydrogen (secondary N) is 1.